The normalized spacial score (nSPS) is 11.3. The number of hydrogen-bond donors (Lipinski definition) is 0. The predicted octanol–water partition coefficient (Wildman–Crippen LogP) is 2.89. The Morgan fingerprint density at radius 1 is 0.600 bits per heavy atom. The first-order valence-electron chi connectivity index (χ1n) is 5.32. The van der Waals surface area contributed by atoms with Crippen LogP contribution in [0.3, 0.4) is 0 Å². The minimum atomic E-state index is -2.00. The van der Waals surface area contributed by atoms with Crippen molar-refractivity contribution >= 4 is 7.74 Å². The molecule has 0 N–H and O–H groups in total. The predicted molar refractivity (Wildman–Crippen MR) is 63.9 cm³/mol. The van der Waals surface area contributed by atoms with Gasteiger partial charge in [0, 0.05) is 0 Å². The van der Waals surface area contributed by atoms with Crippen molar-refractivity contribution in [3.05, 3.63) is 60.7 Å². The van der Waals surface area contributed by atoms with Gasteiger partial charge in [0.15, 0.2) is 0 Å². The molecular weight excluding hydrogens is 216 g/mol. The molecule has 1 heteroatoms. The van der Waals surface area contributed by atoms with Crippen LogP contribution in [0.25, 0.3) is 0 Å². The van der Waals surface area contributed by atoms with E-state index in [1.165, 1.54) is 0 Å². The van der Waals surface area contributed by atoms with E-state index in [-0.39, 0.29) is 0 Å². The SMILES string of the molecule is [CH3][Ti]([CH3])([c]1ccccc1)[c]1ccccc1. The van der Waals surface area contributed by atoms with Gasteiger partial charge in [-0.05, 0) is 0 Å². The number of hydrogen-bond acceptors (Lipinski definition) is 0. The molecule has 0 spiro atoms. The van der Waals surface area contributed by atoms with E-state index in [2.05, 4.69) is 71.1 Å². The minimum absolute atomic E-state index is 1.55. The second kappa shape index (κ2) is 4.34. The summed E-state index contributed by atoms with van der Waals surface area (Å²) in [6.45, 7) is 0. The summed E-state index contributed by atoms with van der Waals surface area (Å²) in [6, 6.07) is 21.8. The molecule has 0 radical (unpaired) electrons. The van der Waals surface area contributed by atoms with Gasteiger partial charge < -0.3 is 0 Å². The van der Waals surface area contributed by atoms with E-state index in [9.17, 15) is 0 Å². The summed E-state index contributed by atoms with van der Waals surface area (Å²) in [5.74, 6) is 0. The molecule has 76 valence electrons. The van der Waals surface area contributed by atoms with Gasteiger partial charge in [0.25, 0.3) is 0 Å². The van der Waals surface area contributed by atoms with Crippen LogP contribution < -0.4 is 7.74 Å². The molecule has 2 aromatic carbocycles. The van der Waals surface area contributed by atoms with Crippen LogP contribution in [-0.2, 0) is 16.6 Å². The van der Waals surface area contributed by atoms with Gasteiger partial charge in [-0.25, -0.2) is 0 Å². The van der Waals surface area contributed by atoms with Gasteiger partial charge >= 0.3 is 95.4 Å². The van der Waals surface area contributed by atoms with Crippen molar-refractivity contribution < 1.29 is 16.6 Å². The van der Waals surface area contributed by atoms with Crippen molar-refractivity contribution in [3.63, 3.8) is 0 Å². The third-order valence-corrected chi connectivity index (χ3v) is 8.54. The first-order valence-corrected chi connectivity index (χ1v) is 10.0. The Labute approximate surface area is 95.3 Å². The molecule has 15 heavy (non-hydrogen) atoms. The van der Waals surface area contributed by atoms with Gasteiger partial charge in [0.2, 0.25) is 0 Å². The van der Waals surface area contributed by atoms with E-state index in [4.69, 9.17) is 0 Å². The van der Waals surface area contributed by atoms with Gasteiger partial charge in [0.05, 0.1) is 0 Å². The molecule has 0 fully saturated rings. The monoisotopic (exact) mass is 232 g/mol. The van der Waals surface area contributed by atoms with E-state index in [0.717, 1.165) is 0 Å². The molecule has 0 saturated heterocycles. The second-order valence-corrected chi connectivity index (χ2v) is 11.2. The van der Waals surface area contributed by atoms with Crippen molar-refractivity contribution in [2.24, 2.45) is 0 Å². The Morgan fingerprint density at radius 2 is 0.933 bits per heavy atom. The molecule has 0 aliphatic heterocycles. The molecule has 0 saturated carbocycles. The van der Waals surface area contributed by atoms with Crippen LogP contribution in [0.15, 0.2) is 60.7 Å². The summed E-state index contributed by atoms with van der Waals surface area (Å²) in [5, 5.41) is 4.90. The van der Waals surface area contributed by atoms with E-state index < -0.39 is 16.6 Å². The molecule has 0 aliphatic rings. The van der Waals surface area contributed by atoms with Crippen LogP contribution >= 0.6 is 0 Å². The van der Waals surface area contributed by atoms with Crippen molar-refractivity contribution in [2.75, 3.05) is 0 Å². The van der Waals surface area contributed by atoms with Crippen LogP contribution in [0.1, 0.15) is 0 Å². The number of benzene rings is 2. The molecule has 0 amide bonds. The third kappa shape index (κ3) is 2.22. The van der Waals surface area contributed by atoms with E-state index in [1.54, 1.807) is 7.74 Å². The zero-order valence-corrected chi connectivity index (χ0v) is 10.8. The average molecular weight is 232 g/mol. The Hall–Kier alpha value is -0.846. The maximum absolute atomic E-state index is 2.45. The average Bonchev–Trinajstić information content (AvgIpc) is 2.31. The van der Waals surface area contributed by atoms with Crippen LogP contribution in [-0.4, -0.2) is 0 Å². The summed E-state index contributed by atoms with van der Waals surface area (Å²) in [7, 11) is 0. The molecule has 0 bridgehead atoms. The van der Waals surface area contributed by atoms with Crippen molar-refractivity contribution in [3.8, 4) is 0 Å². The van der Waals surface area contributed by atoms with Crippen molar-refractivity contribution in [1.29, 1.82) is 0 Å². The fourth-order valence-corrected chi connectivity index (χ4v) is 5.60. The summed E-state index contributed by atoms with van der Waals surface area (Å²) in [4.78, 5) is 0. The molecule has 0 aliphatic carbocycles. The molecule has 2 aromatic rings. The van der Waals surface area contributed by atoms with Crippen LogP contribution in [0.2, 0.25) is 10.5 Å². The molecule has 2 rings (SSSR count). The summed E-state index contributed by atoms with van der Waals surface area (Å²) < 4.78 is 3.09. The first kappa shape index (κ1) is 10.7. The van der Waals surface area contributed by atoms with E-state index in [1.807, 2.05) is 0 Å². The quantitative estimate of drug-likeness (QED) is 0.698. The Morgan fingerprint density at radius 3 is 1.27 bits per heavy atom. The molecule has 0 heterocycles. The summed E-state index contributed by atoms with van der Waals surface area (Å²) in [6.07, 6.45) is 0. The fourth-order valence-electron chi connectivity index (χ4n) is 1.88. The summed E-state index contributed by atoms with van der Waals surface area (Å²) >= 11 is -2.00. The topological polar surface area (TPSA) is 0 Å². The Balaban J connectivity index is 2.44. The molecule has 0 atom stereocenters. The molecule has 0 nitrogen and oxygen atoms in total. The zero-order chi connectivity index (χ0) is 10.7. The maximum atomic E-state index is 2.45. The van der Waals surface area contributed by atoms with Gasteiger partial charge in [-0.15, -0.1) is 0 Å². The Bertz CT molecular complexity index is 376. The van der Waals surface area contributed by atoms with Crippen LogP contribution in [0, 0.1) is 0 Å². The van der Waals surface area contributed by atoms with E-state index in [0.29, 0.717) is 0 Å². The number of rotatable bonds is 2. The van der Waals surface area contributed by atoms with Crippen LogP contribution in [0.5, 0.6) is 0 Å². The van der Waals surface area contributed by atoms with Crippen molar-refractivity contribution in [2.45, 2.75) is 10.5 Å². The Kier molecular flexibility index (Phi) is 3.09. The van der Waals surface area contributed by atoms with Gasteiger partial charge in [0.1, 0.15) is 0 Å². The van der Waals surface area contributed by atoms with Crippen molar-refractivity contribution in [1.82, 2.24) is 0 Å². The summed E-state index contributed by atoms with van der Waals surface area (Å²) in [5.41, 5.74) is 0. The van der Waals surface area contributed by atoms with Gasteiger partial charge in [-0.3, -0.25) is 0 Å². The molecular formula is C14H16Ti. The molecule has 0 unspecified atom stereocenters. The second-order valence-electron chi connectivity index (χ2n) is 4.36. The standard InChI is InChI=1S/2C6H5.2CH3.Ti/c2*1-2-4-6-5-3-1;;;/h2*1-5H;2*1H3;. The van der Waals surface area contributed by atoms with Gasteiger partial charge in [-0.1, -0.05) is 0 Å². The fraction of sp³-hybridized carbons (Fsp3) is 0.143. The molecule has 0 aromatic heterocycles. The van der Waals surface area contributed by atoms with Gasteiger partial charge in [-0.2, -0.15) is 0 Å². The first-order chi connectivity index (χ1) is 7.21. The van der Waals surface area contributed by atoms with Crippen LogP contribution in [0.4, 0.5) is 0 Å². The van der Waals surface area contributed by atoms with E-state index >= 15 is 0 Å². The zero-order valence-electron chi connectivity index (χ0n) is 9.27. The third-order valence-electron chi connectivity index (χ3n) is 2.99.